The molecule has 1 aromatic heterocycles. The number of aliphatic hydroxyl groups excluding tert-OH is 1. The summed E-state index contributed by atoms with van der Waals surface area (Å²) in [7, 11) is 0. The lowest BCUT2D eigenvalue weighted by atomic mass is 9.83. The number of aromatic nitrogens is 2. The van der Waals surface area contributed by atoms with Gasteiger partial charge in [0, 0.05) is 30.8 Å². The molecule has 1 saturated heterocycles. The molecule has 5 heteroatoms. The first-order chi connectivity index (χ1) is 15.5. The van der Waals surface area contributed by atoms with Crippen molar-refractivity contribution in [3.8, 4) is 16.9 Å². The Morgan fingerprint density at radius 1 is 1.06 bits per heavy atom. The Morgan fingerprint density at radius 3 is 2.62 bits per heavy atom. The molecule has 2 heterocycles. The van der Waals surface area contributed by atoms with Crippen LogP contribution in [0.15, 0.2) is 60.8 Å². The zero-order valence-corrected chi connectivity index (χ0v) is 18.8. The van der Waals surface area contributed by atoms with Crippen molar-refractivity contribution < 1.29 is 10.2 Å². The monoisotopic (exact) mass is 431 g/mol. The number of para-hydroxylation sites is 1. The SMILES string of the molecule is C[C@@](O)(CO)[C@H]1CCCN(Cc2ccc(-c3ccn(-c4ccccc4)n3)cc2C2CC2)C1. The van der Waals surface area contributed by atoms with Gasteiger partial charge in [-0.3, -0.25) is 4.90 Å². The lowest BCUT2D eigenvalue weighted by Crippen LogP contribution is -2.47. The molecule has 3 aromatic rings. The molecule has 0 amide bonds. The van der Waals surface area contributed by atoms with Crippen LogP contribution >= 0.6 is 0 Å². The average Bonchev–Trinajstić information content (AvgIpc) is 3.56. The van der Waals surface area contributed by atoms with Crippen LogP contribution in [-0.4, -0.2) is 50.2 Å². The Labute approximate surface area is 190 Å². The van der Waals surface area contributed by atoms with Gasteiger partial charge in [0.2, 0.25) is 0 Å². The van der Waals surface area contributed by atoms with Crippen LogP contribution in [0.1, 0.15) is 49.7 Å². The van der Waals surface area contributed by atoms with Gasteiger partial charge in [-0.15, -0.1) is 0 Å². The highest BCUT2D eigenvalue weighted by atomic mass is 16.3. The van der Waals surface area contributed by atoms with Crippen LogP contribution in [0.3, 0.4) is 0 Å². The van der Waals surface area contributed by atoms with E-state index in [0.29, 0.717) is 5.92 Å². The maximum atomic E-state index is 10.5. The minimum atomic E-state index is -1.00. The first-order valence-corrected chi connectivity index (χ1v) is 11.8. The van der Waals surface area contributed by atoms with E-state index in [0.717, 1.165) is 43.9 Å². The van der Waals surface area contributed by atoms with Crippen LogP contribution in [0.2, 0.25) is 0 Å². The van der Waals surface area contributed by atoms with Crippen molar-refractivity contribution >= 4 is 0 Å². The molecule has 5 rings (SSSR count). The van der Waals surface area contributed by atoms with Gasteiger partial charge in [-0.1, -0.05) is 30.3 Å². The summed E-state index contributed by atoms with van der Waals surface area (Å²) in [4.78, 5) is 2.45. The number of hydrogen-bond acceptors (Lipinski definition) is 4. The summed E-state index contributed by atoms with van der Waals surface area (Å²) in [6, 6.07) is 19.1. The van der Waals surface area contributed by atoms with Crippen LogP contribution in [-0.2, 0) is 6.54 Å². The zero-order chi connectivity index (χ0) is 22.1. The normalized spacial score (nSPS) is 21.4. The van der Waals surface area contributed by atoms with Gasteiger partial charge < -0.3 is 10.2 Å². The van der Waals surface area contributed by atoms with Crippen LogP contribution in [0.5, 0.6) is 0 Å². The standard InChI is InChI=1S/C27H33N3O2/c1-27(32,19-31)23-6-5-14-29(18-23)17-22-12-11-21(16-25(22)20-9-10-20)26-13-15-30(28-26)24-7-3-2-4-8-24/h2-4,7-8,11-13,15-16,20,23,31-32H,5-6,9-10,14,17-19H2,1H3/t23-,27+/m0/s1. The van der Waals surface area contributed by atoms with Crippen LogP contribution < -0.4 is 0 Å². The molecule has 2 atom stereocenters. The van der Waals surface area contributed by atoms with E-state index in [4.69, 9.17) is 5.10 Å². The Bertz CT molecular complexity index is 1060. The molecule has 1 aliphatic carbocycles. The fourth-order valence-corrected chi connectivity index (χ4v) is 4.95. The summed E-state index contributed by atoms with van der Waals surface area (Å²) in [5.74, 6) is 0.772. The van der Waals surface area contributed by atoms with Gasteiger partial charge in [-0.2, -0.15) is 5.10 Å². The first-order valence-electron chi connectivity index (χ1n) is 11.8. The summed E-state index contributed by atoms with van der Waals surface area (Å²) in [5, 5.41) is 24.9. The fraction of sp³-hybridized carbons (Fsp3) is 0.444. The van der Waals surface area contributed by atoms with Crippen LogP contribution in [0.25, 0.3) is 16.9 Å². The third-order valence-corrected chi connectivity index (χ3v) is 7.17. The Hall–Kier alpha value is -2.47. The molecule has 2 fully saturated rings. The van der Waals surface area contributed by atoms with E-state index in [1.807, 2.05) is 29.1 Å². The number of benzene rings is 2. The predicted molar refractivity (Wildman–Crippen MR) is 127 cm³/mol. The Kier molecular flexibility index (Phi) is 5.89. The van der Waals surface area contributed by atoms with Gasteiger partial charge >= 0.3 is 0 Å². The minimum Gasteiger partial charge on any atom is -0.393 e. The largest absolute Gasteiger partial charge is 0.393 e. The van der Waals surface area contributed by atoms with Crippen molar-refractivity contribution in [1.29, 1.82) is 0 Å². The maximum absolute atomic E-state index is 10.5. The number of piperidine rings is 1. The van der Waals surface area contributed by atoms with Gasteiger partial charge in [0.05, 0.1) is 23.6 Å². The van der Waals surface area contributed by atoms with Crippen molar-refractivity contribution in [2.24, 2.45) is 5.92 Å². The third kappa shape index (κ3) is 4.51. The molecule has 1 saturated carbocycles. The topological polar surface area (TPSA) is 61.5 Å². The second kappa shape index (κ2) is 8.81. The number of aliphatic hydroxyl groups is 2. The minimum absolute atomic E-state index is 0.117. The lowest BCUT2D eigenvalue weighted by molar-refractivity contribution is -0.0697. The molecule has 2 aromatic carbocycles. The van der Waals surface area contributed by atoms with Gasteiger partial charge in [0.15, 0.2) is 0 Å². The molecule has 1 aliphatic heterocycles. The fourth-order valence-electron chi connectivity index (χ4n) is 4.95. The number of hydrogen-bond donors (Lipinski definition) is 2. The van der Waals surface area contributed by atoms with Crippen molar-refractivity contribution in [2.75, 3.05) is 19.7 Å². The van der Waals surface area contributed by atoms with E-state index in [9.17, 15) is 10.2 Å². The molecule has 0 spiro atoms. The van der Waals surface area contributed by atoms with Crippen LogP contribution in [0.4, 0.5) is 0 Å². The zero-order valence-electron chi connectivity index (χ0n) is 18.8. The molecule has 5 nitrogen and oxygen atoms in total. The van der Waals surface area contributed by atoms with Gasteiger partial charge in [0.25, 0.3) is 0 Å². The van der Waals surface area contributed by atoms with E-state index in [1.54, 1.807) is 6.92 Å². The van der Waals surface area contributed by atoms with Crippen LogP contribution in [0, 0.1) is 5.92 Å². The predicted octanol–water partition coefficient (Wildman–Crippen LogP) is 4.37. The lowest BCUT2D eigenvalue weighted by Gasteiger charge is -2.39. The maximum Gasteiger partial charge on any atom is 0.0927 e. The molecule has 168 valence electrons. The number of nitrogens with zero attached hydrogens (tertiary/aromatic N) is 3. The molecule has 32 heavy (non-hydrogen) atoms. The summed E-state index contributed by atoms with van der Waals surface area (Å²) in [6.45, 7) is 4.37. The molecule has 2 N–H and O–H groups in total. The van der Waals surface area contributed by atoms with E-state index in [2.05, 4.69) is 41.3 Å². The van der Waals surface area contributed by atoms with Crippen molar-refractivity contribution in [3.05, 3.63) is 71.9 Å². The van der Waals surface area contributed by atoms with Crippen molar-refractivity contribution in [3.63, 3.8) is 0 Å². The van der Waals surface area contributed by atoms with Gasteiger partial charge in [-0.25, -0.2) is 4.68 Å². The van der Waals surface area contributed by atoms with Gasteiger partial charge in [0.1, 0.15) is 0 Å². The quantitative estimate of drug-likeness (QED) is 0.583. The molecule has 0 bridgehead atoms. The molecular formula is C27H33N3O2. The highest BCUT2D eigenvalue weighted by molar-refractivity contribution is 5.62. The highest BCUT2D eigenvalue weighted by Crippen LogP contribution is 2.43. The summed E-state index contributed by atoms with van der Waals surface area (Å²) in [5.41, 5.74) is 5.08. The molecule has 0 unspecified atom stereocenters. The van der Waals surface area contributed by atoms with Crippen molar-refractivity contribution in [1.82, 2.24) is 14.7 Å². The third-order valence-electron chi connectivity index (χ3n) is 7.17. The number of rotatable bonds is 7. The first kappa shape index (κ1) is 21.4. The Balaban J connectivity index is 1.36. The summed E-state index contributed by atoms with van der Waals surface area (Å²) >= 11 is 0. The van der Waals surface area contributed by atoms with Gasteiger partial charge in [-0.05, 0) is 80.5 Å². The number of likely N-dealkylation sites (tertiary alicyclic amines) is 1. The van der Waals surface area contributed by atoms with E-state index < -0.39 is 5.60 Å². The average molecular weight is 432 g/mol. The van der Waals surface area contributed by atoms with E-state index in [-0.39, 0.29) is 12.5 Å². The van der Waals surface area contributed by atoms with E-state index in [1.165, 1.54) is 29.5 Å². The summed E-state index contributed by atoms with van der Waals surface area (Å²) in [6.07, 6.45) is 6.58. The van der Waals surface area contributed by atoms with Crippen molar-refractivity contribution in [2.45, 2.75) is 50.7 Å². The smallest absolute Gasteiger partial charge is 0.0927 e. The molecular weight excluding hydrogens is 398 g/mol. The second-order valence-corrected chi connectivity index (χ2v) is 9.76. The summed E-state index contributed by atoms with van der Waals surface area (Å²) < 4.78 is 1.93. The highest BCUT2D eigenvalue weighted by Gasteiger charge is 2.35. The Morgan fingerprint density at radius 2 is 1.88 bits per heavy atom. The molecule has 0 radical (unpaired) electrons. The van der Waals surface area contributed by atoms with E-state index >= 15 is 0 Å². The molecule has 2 aliphatic rings. The second-order valence-electron chi connectivity index (χ2n) is 9.76.